The lowest BCUT2D eigenvalue weighted by Crippen LogP contribution is -2.35. The van der Waals surface area contributed by atoms with Crippen LogP contribution in [0.25, 0.3) is 0 Å². The van der Waals surface area contributed by atoms with Gasteiger partial charge in [-0.3, -0.25) is 4.90 Å². The molecular weight excluding hydrogens is 302 g/mol. The van der Waals surface area contributed by atoms with Gasteiger partial charge >= 0.3 is 0 Å². The largest absolute Gasteiger partial charge is 0.392 e. The number of aliphatic hydroxyl groups is 3. The Morgan fingerprint density at radius 2 is 1.54 bits per heavy atom. The highest BCUT2D eigenvalue weighted by Gasteiger charge is 2.24. The van der Waals surface area contributed by atoms with Crippen molar-refractivity contribution in [2.45, 2.75) is 32.3 Å². The molecule has 0 heterocycles. The normalized spacial score (nSPS) is 15.2. The molecule has 0 saturated carbocycles. The van der Waals surface area contributed by atoms with Gasteiger partial charge in [0.05, 0.1) is 18.8 Å². The van der Waals surface area contributed by atoms with Crippen LogP contribution in [0, 0.1) is 5.92 Å². The van der Waals surface area contributed by atoms with E-state index < -0.39 is 12.2 Å². The molecule has 2 aromatic carbocycles. The Morgan fingerprint density at radius 3 is 2.12 bits per heavy atom. The Bertz CT molecular complexity index is 600. The quantitative estimate of drug-likeness (QED) is 0.696. The van der Waals surface area contributed by atoms with Crippen LogP contribution in [0.1, 0.15) is 29.7 Å². The third-order valence-electron chi connectivity index (χ3n) is 4.40. The van der Waals surface area contributed by atoms with E-state index in [1.165, 1.54) is 5.56 Å². The minimum Gasteiger partial charge on any atom is -0.392 e. The summed E-state index contributed by atoms with van der Waals surface area (Å²) in [6, 6.07) is 17.3. The smallest absolute Gasteiger partial charge is 0.0840 e. The van der Waals surface area contributed by atoms with Crippen molar-refractivity contribution in [3.8, 4) is 0 Å². The third kappa shape index (κ3) is 5.14. The highest BCUT2D eigenvalue weighted by molar-refractivity contribution is 5.24. The molecule has 0 aliphatic heterocycles. The molecule has 24 heavy (non-hydrogen) atoms. The first-order valence-electron chi connectivity index (χ1n) is 8.29. The topological polar surface area (TPSA) is 63.9 Å². The highest BCUT2D eigenvalue weighted by atomic mass is 16.3. The first-order valence-corrected chi connectivity index (χ1v) is 8.29. The second kappa shape index (κ2) is 8.94. The van der Waals surface area contributed by atoms with Gasteiger partial charge in [-0.15, -0.1) is 0 Å². The maximum atomic E-state index is 10.5. The molecule has 3 atom stereocenters. The molecule has 2 aromatic rings. The fourth-order valence-corrected chi connectivity index (χ4v) is 2.78. The molecule has 0 aliphatic rings. The summed E-state index contributed by atoms with van der Waals surface area (Å²) >= 11 is 0. The average Bonchev–Trinajstić information content (AvgIpc) is 2.61. The van der Waals surface area contributed by atoms with Crippen molar-refractivity contribution in [2.24, 2.45) is 5.92 Å². The summed E-state index contributed by atoms with van der Waals surface area (Å²) in [6.07, 6.45) is -1.37. The van der Waals surface area contributed by atoms with Crippen molar-refractivity contribution < 1.29 is 15.3 Å². The lowest BCUT2D eigenvalue weighted by Gasteiger charge is -2.28. The van der Waals surface area contributed by atoms with Gasteiger partial charge in [-0.2, -0.15) is 0 Å². The zero-order valence-electron chi connectivity index (χ0n) is 14.3. The second-order valence-electron chi connectivity index (χ2n) is 6.45. The van der Waals surface area contributed by atoms with Gasteiger partial charge in [0.25, 0.3) is 0 Å². The molecule has 0 spiro atoms. The maximum Gasteiger partial charge on any atom is 0.0840 e. The van der Waals surface area contributed by atoms with Crippen LogP contribution in [-0.2, 0) is 13.2 Å². The fraction of sp³-hybridized carbons (Fsp3) is 0.400. The van der Waals surface area contributed by atoms with Crippen molar-refractivity contribution in [1.29, 1.82) is 0 Å². The van der Waals surface area contributed by atoms with Gasteiger partial charge < -0.3 is 15.3 Å². The van der Waals surface area contributed by atoms with Gasteiger partial charge in [0.2, 0.25) is 0 Å². The van der Waals surface area contributed by atoms with Crippen LogP contribution < -0.4 is 0 Å². The summed E-state index contributed by atoms with van der Waals surface area (Å²) in [6.45, 7) is 3.08. The van der Waals surface area contributed by atoms with Gasteiger partial charge in [0.1, 0.15) is 0 Å². The lowest BCUT2D eigenvalue weighted by atomic mass is 9.92. The Balaban J connectivity index is 1.91. The molecule has 2 rings (SSSR count). The molecule has 4 heteroatoms. The van der Waals surface area contributed by atoms with E-state index >= 15 is 0 Å². The molecule has 3 N–H and O–H groups in total. The van der Waals surface area contributed by atoms with Gasteiger partial charge in [-0.25, -0.2) is 0 Å². The highest BCUT2D eigenvalue weighted by Crippen LogP contribution is 2.25. The van der Waals surface area contributed by atoms with Crippen molar-refractivity contribution in [2.75, 3.05) is 13.6 Å². The van der Waals surface area contributed by atoms with E-state index in [0.29, 0.717) is 6.54 Å². The van der Waals surface area contributed by atoms with Gasteiger partial charge in [0.15, 0.2) is 0 Å². The Morgan fingerprint density at radius 1 is 0.917 bits per heavy atom. The molecule has 0 fully saturated rings. The second-order valence-corrected chi connectivity index (χ2v) is 6.45. The number of benzene rings is 2. The molecule has 0 amide bonds. The summed E-state index contributed by atoms with van der Waals surface area (Å²) < 4.78 is 0. The van der Waals surface area contributed by atoms with Crippen LogP contribution in [-0.4, -0.2) is 39.9 Å². The molecule has 130 valence electrons. The van der Waals surface area contributed by atoms with Crippen molar-refractivity contribution in [1.82, 2.24) is 4.90 Å². The molecular formula is C20H27NO3. The summed E-state index contributed by atoms with van der Waals surface area (Å²) in [7, 11) is 1.96. The van der Waals surface area contributed by atoms with Crippen LogP contribution >= 0.6 is 0 Å². The molecule has 0 unspecified atom stereocenters. The number of aliphatic hydroxyl groups excluding tert-OH is 3. The van der Waals surface area contributed by atoms with Crippen LogP contribution in [0.5, 0.6) is 0 Å². The maximum absolute atomic E-state index is 10.5. The SMILES string of the molecule is C[C@@H]([C@H](O)c1ccc(CO)cc1)[C@@H](O)CN(C)Cc1ccccc1. The Labute approximate surface area is 144 Å². The molecule has 4 nitrogen and oxygen atoms in total. The van der Waals surface area contributed by atoms with Gasteiger partial charge in [0, 0.05) is 19.0 Å². The van der Waals surface area contributed by atoms with E-state index in [-0.39, 0.29) is 12.5 Å². The Hall–Kier alpha value is -1.72. The molecule has 0 aliphatic carbocycles. The van der Waals surface area contributed by atoms with E-state index in [4.69, 9.17) is 5.11 Å². The third-order valence-corrected chi connectivity index (χ3v) is 4.40. The summed E-state index contributed by atoms with van der Waals surface area (Å²) in [5.41, 5.74) is 2.76. The number of nitrogens with zero attached hydrogens (tertiary/aromatic N) is 1. The summed E-state index contributed by atoms with van der Waals surface area (Å²) in [5, 5.41) is 30.0. The predicted octanol–water partition coefficient (Wildman–Crippen LogP) is 2.34. The first-order chi connectivity index (χ1) is 11.5. The van der Waals surface area contributed by atoms with Crippen LogP contribution in [0.4, 0.5) is 0 Å². The van der Waals surface area contributed by atoms with E-state index in [9.17, 15) is 10.2 Å². The van der Waals surface area contributed by atoms with Crippen molar-refractivity contribution >= 4 is 0 Å². The Kier molecular flexibility index (Phi) is 6.94. The number of hydrogen-bond donors (Lipinski definition) is 3. The molecule has 0 bridgehead atoms. The fourth-order valence-electron chi connectivity index (χ4n) is 2.78. The minimum absolute atomic E-state index is 0.0150. The summed E-state index contributed by atoms with van der Waals surface area (Å²) in [5.74, 6) is -0.289. The van der Waals surface area contributed by atoms with Gasteiger partial charge in [-0.1, -0.05) is 61.5 Å². The van der Waals surface area contributed by atoms with Crippen LogP contribution in [0.15, 0.2) is 54.6 Å². The van der Waals surface area contributed by atoms with Crippen molar-refractivity contribution in [3.63, 3.8) is 0 Å². The first kappa shape index (κ1) is 18.6. The number of hydrogen-bond acceptors (Lipinski definition) is 4. The predicted molar refractivity (Wildman–Crippen MR) is 95.3 cm³/mol. The lowest BCUT2D eigenvalue weighted by molar-refractivity contribution is 0.00451. The van der Waals surface area contributed by atoms with Gasteiger partial charge in [-0.05, 0) is 23.7 Å². The van der Waals surface area contributed by atoms with E-state index in [1.54, 1.807) is 24.3 Å². The zero-order chi connectivity index (χ0) is 17.5. The monoisotopic (exact) mass is 329 g/mol. The van der Waals surface area contributed by atoms with E-state index in [2.05, 4.69) is 17.0 Å². The zero-order valence-corrected chi connectivity index (χ0v) is 14.3. The number of rotatable bonds is 8. The number of likely N-dealkylation sites (N-methyl/N-ethyl adjacent to an activating group) is 1. The van der Waals surface area contributed by atoms with Crippen LogP contribution in [0.3, 0.4) is 0 Å². The van der Waals surface area contributed by atoms with E-state index in [1.807, 2.05) is 32.2 Å². The standard InChI is InChI=1S/C20H27NO3/c1-15(20(24)18-10-8-17(14-22)9-11-18)19(23)13-21(2)12-16-6-4-3-5-7-16/h3-11,15,19-20,22-24H,12-14H2,1-2H3/t15-,19+,20+/m1/s1. The molecule has 0 saturated heterocycles. The molecule has 0 aromatic heterocycles. The summed E-state index contributed by atoms with van der Waals surface area (Å²) in [4.78, 5) is 2.05. The molecule has 0 radical (unpaired) electrons. The minimum atomic E-state index is -0.738. The van der Waals surface area contributed by atoms with Crippen molar-refractivity contribution in [3.05, 3.63) is 71.3 Å². The van der Waals surface area contributed by atoms with Crippen LogP contribution in [0.2, 0.25) is 0 Å². The average molecular weight is 329 g/mol. The van der Waals surface area contributed by atoms with E-state index in [0.717, 1.165) is 17.7 Å².